The summed E-state index contributed by atoms with van der Waals surface area (Å²) >= 11 is 0. The van der Waals surface area contributed by atoms with Crippen LogP contribution in [0, 0.1) is 5.92 Å². The minimum absolute atomic E-state index is 0.366. The molecule has 0 aliphatic carbocycles. The topological polar surface area (TPSA) is 43.0 Å². The van der Waals surface area contributed by atoms with Crippen LogP contribution in [0.5, 0.6) is 17.2 Å². The number of benzene rings is 1. The van der Waals surface area contributed by atoms with Crippen molar-refractivity contribution in [2.24, 2.45) is 5.92 Å². The van der Waals surface area contributed by atoms with Crippen LogP contribution >= 0.6 is 0 Å². The van der Waals surface area contributed by atoms with Crippen molar-refractivity contribution in [2.45, 2.75) is 26.3 Å². The van der Waals surface area contributed by atoms with E-state index in [1.807, 2.05) is 0 Å². The van der Waals surface area contributed by atoms with Gasteiger partial charge < -0.3 is 19.5 Å². The highest BCUT2D eigenvalue weighted by molar-refractivity contribution is 5.54. The molecule has 0 aromatic heterocycles. The Kier molecular flexibility index (Phi) is 6.54. The largest absolute Gasteiger partial charge is 0.493 e. The second-order valence-corrected chi connectivity index (χ2v) is 6.39. The second-order valence-electron chi connectivity index (χ2n) is 6.39. The van der Waals surface area contributed by atoms with Crippen LogP contribution in [0.25, 0.3) is 0 Å². The van der Waals surface area contributed by atoms with Crippen LogP contribution < -0.4 is 19.5 Å². The van der Waals surface area contributed by atoms with E-state index in [0.29, 0.717) is 17.7 Å². The van der Waals surface area contributed by atoms with Gasteiger partial charge in [0.05, 0.1) is 21.3 Å². The van der Waals surface area contributed by atoms with E-state index in [9.17, 15) is 0 Å². The lowest BCUT2D eigenvalue weighted by Crippen LogP contribution is -2.45. The molecule has 1 aromatic carbocycles. The van der Waals surface area contributed by atoms with Gasteiger partial charge in [-0.2, -0.15) is 0 Å². The highest BCUT2D eigenvalue weighted by Crippen LogP contribution is 2.41. The summed E-state index contributed by atoms with van der Waals surface area (Å²) in [4.78, 5) is 2.55. The normalized spacial score (nSPS) is 17.1. The molecule has 1 aromatic rings. The smallest absolute Gasteiger partial charge is 0.203 e. The van der Waals surface area contributed by atoms with E-state index in [2.05, 4.69) is 36.2 Å². The number of ether oxygens (including phenoxy) is 3. The molecule has 2 rings (SSSR count). The summed E-state index contributed by atoms with van der Waals surface area (Å²) in [5.74, 6) is 2.73. The molecule has 1 aliphatic rings. The summed E-state index contributed by atoms with van der Waals surface area (Å²) in [6, 6.07) is 4.55. The fourth-order valence-corrected chi connectivity index (χ4v) is 3.23. The van der Waals surface area contributed by atoms with Gasteiger partial charge >= 0.3 is 0 Å². The van der Waals surface area contributed by atoms with Crippen molar-refractivity contribution < 1.29 is 14.2 Å². The van der Waals surface area contributed by atoms with Gasteiger partial charge in [-0.3, -0.25) is 4.90 Å². The Morgan fingerprint density at radius 1 is 1.00 bits per heavy atom. The van der Waals surface area contributed by atoms with Crippen molar-refractivity contribution in [1.29, 1.82) is 0 Å². The predicted molar refractivity (Wildman–Crippen MR) is 92.7 cm³/mol. The number of nitrogens with zero attached hydrogens (tertiary/aromatic N) is 1. The number of hydrogen-bond donors (Lipinski definition) is 1. The molecule has 1 aliphatic heterocycles. The van der Waals surface area contributed by atoms with Crippen molar-refractivity contribution >= 4 is 0 Å². The monoisotopic (exact) mass is 322 g/mol. The fraction of sp³-hybridized carbons (Fsp3) is 0.667. The average molecular weight is 322 g/mol. The van der Waals surface area contributed by atoms with E-state index >= 15 is 0 Å². The molecule has 1 atom stereocenters. The van der Waals surface area contributed by atoms with Crippen LogP contribution in [-0.4, -0.2) is 52.4 Å². The van der Waals surface area contributed by atoms with Gasteiger partial charge in [-0.15, -0.1) is 0 Å². The van der Waals surface area contributed by atoms with Gasteiger partial charge in [0, 0.05) is 32.2 Å². The lowest BCUT2D eigenvalue weighted by Gasteiger charge is -2.36. The lowest BCUT2D eigenvalue weighted by atomic mass is 9.94. The van der Waals surface area contributed by atoms with Crippen LogP contribution in [0.1, 0.15) is 31.9 Å². The predicted octanol–water partition coefficient (Wildman–Crippen LogP) is 2.70. The first-order chi connectivity index (χ1) is 11.1. The average Bonchev–Trinajstić information content (AvgIpc) is 2.58. The number of hydrogen-bond acceptors (Lipinski definition) is 5. The first-order valence-electron chi connectivity index (χ1n) is 8.35. The molecule has 5 nitrogen and oxygen atoms in total. The first-order valence-corrected chi connectivity index (χ1v) is 8.35. The first kappa shape index (κ1) is 17.9. The molecule has 23 heavy (non-hydrogen) atoms. The van der Waals surface area contributed by atoms with E-state index in [0.717, 1.165) is 44.1 Å². The molecule has 1 heterocycles. The maximum Gasteiger partial charge on any atom is 0.203 e. The Labute approximate surface area is 139 Å². The number of nitrogens with one attached hydrogen (secondary N) is 1. The Morgan fingerprint density at radius 2 is 1.57 bits per heavy atom. The number of rotatable bonds is 7. The summed E-state index contributed by atoms with van der Waals surface area (Å²) < 4.78 is 16.5. The molecule has 0 radical (unpaired) electrons. The zero-order chi connectivity index (χ0) is 16.8. The molecule has 0 amide bonds. The molecule has 0 bridgehead atoms. The molecule has 1 saturated heterocycles. The van der Waals surface area contributed by atoms with Crippen molar-refractivity contribution in [3.05, 3.63) is 17.7 Å². The number of piperazine rings is 1. The highest BCUT2D eigenvalue weighted by Gasteiger charge is 2.25. The van der Waals surface area contributed by atoms with Gasteiger partial charge in [-0.25, -0.2) is 0 Å². The van der Waals surface area contributed by atoms with Crippen LogP contribution in [-0.2, 0) is 0 Å². The van der Waals surface area contributed by atoms with E-state index in [-0.39, 0.29) is 0 Å². The fourth-order valence-electron chi connectivity index (χ4n) is 3.23. The van der Waals surface area contributed by atoms with Crippen molar-refractivity contribution in [1.82, 2.24) is 10.2 Å². The molecule has 1 fully saturated rings. The van der Waals surface area contributed by atoms with E-state index in [1.165, 1.54) is 5.56 Å². The third-order valence-electron chi connectivity index (χ3n) is 4.36. The lowest BCUT2D eigenvalue weighted by molar-refractivity contribution is 0.153. The zero-order valence-corrected chi connectivity index (χ0v) is 15.0. The Hall–Kier alpha value is -1.46. The SMILES string of the molecule is COc1cc([C@H](CC(C)C)N2CCNCC2)cc(OC)c1OC. The Morgan fingerprint density at radius 3 is 2.00 bits per heavy atom. The molecule has 130 valence electrons. The van der Waals surface area contributed by atoms with Crippen molar-refractivity contribution in [3.63, 3.8) is 0 Å². The van der Waals surface area contributed by atoms with Gasteiger partial charge in [-0.1, -0.05) is 13.8 Å². The van der Waals surface area contributed by atoms with Crippen LogP contribution in [0.3, 0.4) is 0 Å². The molecular formula is C18H30N2O3. The summed E-state index contributed by atoms with van der Waals surface area (Å²) in [6.45, 7) is 8.75. The summed E-state index contributed by atoms with van der Waals surface area (Å²) in [5.41, 5.74) is 1.23. The maximum atomic E-state index is 5.53. The summed E-state index contributed by atoms with van der Waals surface area (Å²) in [7, 11) is 4.98. The van der Waals surface area contributed by atoms with E-state index < -0.39 is 0 Å². The molecule has 0 saturated carbocycles. The summed E-state index contributed by atoms with van der Waals surface area (Å²) in [6.07, 6.45) is 1.11. The van der Waals surface area contributed by atoms with Gasteiger partial charge in [-0.05, 0) is 30.0 Å². The van der Waals surface area contributed by atoms with Gasteiger partial charge in [0.25, 0.3) is 0 Å². The maximum absolute atomic E-state index is 5.53. The zero-order valence-electron chi connectivity index (χ0n) is 15.0. The molecule has 5 heteroatoms. The van der Waals surface area contributed by atoms with Gasteiger partial charge in [0.2, 0.25) is 5.75 Å². The summed E-state index contributed by atoms with van der Waals surface area (Å²) in [5, 5.41) is 3.43. The Bertz CT molecular complexity index is 474. The molecule has 0 spiro atoms. The number of methoxy groups -OCH3 is 3. The standard InChI is InChI=1S/C18H30N2O3/c1-13(2)10-15(20-8-6-19-7-9-20)14-11-16(21-3)18(23-5)17(12-14)22-4/h11-13,15,19H,6-10H2,1-5H3/t15-/m0/s1. The van der Waals surface area contributed by atoms with E-state index in [4.69, 9.17) is 14.2 Å². The third-order valence-corrected chi connectivity index (χ3v) is 4.36. The van der Waals surface area contributed by atoms with Crippen molar-refractivity contribution in [3.8, 4) is 17.2 Å². The molecule has 1 N–H and O–H groups in total. The molecular weight excluding hydrogens is 292 g/mol. The second kappa shape index (κ2) is 8.41. The third kappa shape index (κ3) is 4.30. The quantitative estimate of drug-likeness (QED) is 0.836. The van der Waals surface area contributed by atoms with Crippen molar-refractivity contribution in [2.75, 3.05) is 47.5 Å². The van der Waals surface area contributed by atoms with E-state index in [1.54, 1.807) is 21.3 Å². The minimum Gasteiger partial charge on any atom is -0.493 e. The van der Waals surface area contributed by atoms with Gasteiger partial charge in [0.15, 0.2) is 11.5 Å². The van der Waals surface area contributed by atoms with Crippen LogP contribution in [0.4, 0.5) is 0 Å². The molecule has 0 unspecified atom stereocenters. The highest BCUT2D eigenvalue weighted by atomic mass is 16.5. The van der Waals surface area contributed by atoms with Gasteiger partial charge in [0.1, 0.15) is 0 Å². The Balaban J connectivity index is 2.40. The van der Waals surface area contributed by atoms with Crippen LogP contribution in [0.2, 0.25) is 0 Å². The van der Waals surface area contributed by atoms with Crippen LogP contribution in [0.15, 0.2) is 12.1 Å². The minimum atomic E-state index is 0.366.